The molecule has 106 valence electrons. The van der Waals surface area contributed by atoms with Crippen molar-refractivity contribution in [3.05, 3.63) is 24.2 Å². The molecule has 3 nitrogen and oxygen atoms in total. The van der Waals surface area contributed by atoms with Crippen LogP contribution in [0.25, 0.3) is 0 Å². The first-order chi connectivity index (χ1) is 9.22. The minimum absolute atomic E-state index is 0.0113. The predicted octanol–water partition coefficient (Wildman–Crippen LogP) is 3.69. The molecule has 0 aromatic carbocycles. The van der Waals surface area contributed by atoms with Crippen molar-refractivity contribution in [1.82, 2.24) is 4.90 Å². The summed E-state index contributed by atoms with van der Waals surface area (Å²) in [4.78, 5) is 14.6. The van der Waals surface area contributed by atoms with Gasteiger partial charge in [0.15, 0.2) is 0 Å². The third kappa shape index (κ3) is 3.78. The Morgan fingerprint density at radius 3 is 3.11 bits per heavy atom. The fraction of sp³-hybridized carbons (Fsp3) is 0.667. The zero-order valence-corrected chi connectivity index (χ0v) is 12.6. The zero-order valence-electron chi connectivity index (χ0n) is 11.8. The maximum Gasteiger partial charge on any atom is 0.235 e. The molecule has 19 heavy (non-hydrogen) atoms. The average Bonchev–Trinajstić information content (AvgIpc) is 2.97. The number of carbonyl (C=O) groups excluding carboxylic acids is 1. The molecule has 0 aliphatic carbocycles. The van der Waals surface area contributed by atoms with Crippen molar-refractivity contribution in [1.29, 1.82) is 0 Å². The molecule has 2 heterocycles. The van der Waals surface area contributed by atoms with Crippen LogP contribution in [0.1, 0.15) is 45.3 Å². The third-order valence-electron chi connectivity index (χ3n) is 3.78. The Hall–Kier alpha value is -0.900. The predicted molar refractivity (Wildman–Crippen MR) is 79.1 cm³/mol. The first kappa shape index (κ1) is 14.5. The Morgan fingerprint density at radius 2 is 2.42 bits per heavy atom. The summed E-state index contributed by atoms with van der Waals surface area (Å²) < 4.78 is 5.31. The minimum Gasteiger partial charge on any atom is -0.468 e. The van der Waals surface area contributed by atoms with Crippen LogP contribution in [0, 0.1) is 0 Å². The van der Waals surface area contributed by atoms with E-state index < -0.39 is 0 Å². The van der Waals surface area contributed by atoms with Gasteiger partial charge in [-0.15, -0.1) is 11.8 Å². The van der Waals surface area contributed by atoms with Gasteiger partial charge in [0.05, 0.1) is 17.3 Å². The van der Waals surface area contributed by atoms with Gasteiger partial charge in [-0.3, -0.25) is 4.79 Å². The maximum atomic E-state index is 12.5. The summed E-state index contributed by atoms with van der Waals surface area (Å²) in [5.41, 5.74) is 0. The van der Waals surface area contributed by atoms with Crippen molar-refractivity contribution in [3.8, 4) is 0 Å². The summed E-state index contributed by atoms with van der Waals surface area (Å²) in [6.07, 6.45) is 6.33. The van der Waals surface area contributed by atoms with E-state index in [1.54, 1.807) is 18.0 Å². The lowest BCUT2D eigenvalue weighted by atomic mass is 10.00. The molecule has 0 saturated carbocycles. The second kappa shape index (κ2) is 7.04. The lowest BCUT2D eigenvalue weighted by Crippen LogP contribution is -2.46. The Labute approximate surface area is 119 Å². The van der Waals surface area contributed by atoms with Gasteiger partial charge >= 0.3 is 0 Å². The summed E-state index contributed by atoms with van der Waals surface area (Å²) in [5, 5.41) is 0.0113. The van der Waals surface area contributed by atoms with Gasteiger partial charge in [-0.25, -0.2) is 0 Å². The average molecular weight is 281 g/mol. The molecule has 1 aliphatic rings. The van der Waals surface area contributed by atoms with E-state index in [4.69, 9.17) is 4.42 Å². The second-order valence-corrected chi connectivity index (χ2v) is 6.45. The Kier molecular flexibility index (Phi) is 5.37. The van der Waals surface area contributed by atoms with E-state index in [0.717, 1.165) is 37.3 Å². The van der Waals surface area contributed by atoms with Gasteiger partial charge < -0.3 is 9.32 Å². The molecule has 1 aliphatic heterocycles. The van der Waals surface area contributed by atoms with Crippen LogP contribution in [0.5, 0.6) is 0 Å². The lowest BCUT2D eigenvalue weighted by molar-refractivity contribution is -0.134. The van der Waals surface area contributed by atoms with E-state index in [2.05, 4.69) is 11.8 Å². The molecule has 4 heteroatoms. The van der Waals surface area contributed by atoms with Crippen molar-refractivity contribution in [3.63, 3.8) is 0 Å². The minimum atomic E-state index is 0.0113. The van der Waals surface area contributed by atoms with Crippen LogP contribution in [-0.2, 0) is 10.5 Å². The standard InChI is InChI=1S/C15H23NO2S/c1-3-13-7-4-5-9-16(13)15(17)12(2)19-11-14-8-6-10-18-14/h6,8,10,12-13H,3-5,7,9,11H2,1-2H3. The van der Waals surface area contributed by atoms with Crippen molar-refractivity contribution in [2.45, 2.75) is 56.6 Å². The van der Waals surface area contributed by atoms with Gasteiger partial charge in [-0.1, -0.05) is 6.92 Å². The number of piperidine rings is 1. The highest BCUT2D eigenvalue weighted by Gasteiger charge is 2.28. The SMILES string of the molecule is CCC1CCCCN1C(=O)C(C)SCc1ccco1. The Morgan fingerprint density at radius 1 is 1.58 bits per heavy atom. The molecule has 0 radical (unpaired) electrons. The van der Waals surface area contributed by atoms with Gasteiger partial charge in [-0.05, 0) is 44.7 Å². The Balaban J connectivity index is 1.86. The molecular weight excluding hydrogens is 258 g/mol. The molecule has 2 unspecified atom stereocenters. The molecule has 2 rings (SSSR count). The largest absolute Gasteiger partial charge is 0.468 e. The molecule has 1 saturated heterocycles. The summed E-state index contributed by atoms with van der Waals surface area (Å²) in [6, 6.07) is 4.30. The Bertz CT molecular complexity index is 391. The number of nitrogens with zero attached hydrogens (tertiary/aromatic N) is 1. The number of hydrogen-bond acceptors (Lipinski definition) is 3. The van der Waals surface area contributed by atoms with Crippen molar-refractivity contribution in [2.75, 3.05) is 6.54 Å². The summed E-state index contributed by atoms with van der Waals surface area (Å²) in [5.74, 6) is 2.00. The maximum absolute atomic E-state index is 12.5. The molecule has 1 aromatic heterocycles. The number of likely N-dealkylation sites (tertiary alicyclic amines) is 1. The first-order valence-corrected chi connectivity index (χ1v) is 8.21. The molecule has 0 bridgehead atoms. The fourth-order valence-corrected chi connectivity index (χ4v) is 3.48. The highest BCUT2D eigenvalue weighted by atomic mass is 32.2. The van der Waals surface area contributed by atoms with Gasteiger partial charge in [0, 0.05) is 12.6 Å². The summed E-state index contributed by atoms with van der Waals surface area (Å²) in [6.45, 7) is 5.12. The highest BCUT2D eigenvalue weighted by molar-refractivity contribution is 7.99. The summed E-state index contributed by atoms with van der Waals surface area (Å²) >= 11 is 1.66. The number of furan rings is 1. The van der Waals surface area contributed by atoms with Crippen LogP contribution < -0.4 is 0 Å². The van der Waals surface area contributed by atoms with Crippen molar-refractivity contribution >= 4 is 17.7 Å². The van der Waals surface area contributed by atoms with Crippen LogP contribution in [0.15, 0.2) is 22.8 Å². The van der Waals surface area contributed by atoms with Crippen LogP contribution >= 0.6 is 11.8 Å². The molecule has 2 atom stereocenters. The lowest BCUT2D eigenvalue weighted by Gasteiger charge is -2.36. The number of carbonyl (C=O) groups is 1. The zero-order chi connectivity index (χ0) is 13.7. The number of amides is 1. The van der Waals surface area contributed by atoms with Gasteiger partial charge in [0.25, 0.3) is 0 Å². The van der Waals surface area contributed by atoms with E-state index >= 15 is 0 Å². The normalized spacial score (nSPS) is 21.4. The quantitative estimate of drug-likeness (QED) is 0.825. The van der Waals surface area contributed by atoms with Crippen molar-refractivity contribution in [2.24, 2.45) is 0 Å². The number of thioether (sulfide) groups is 1. The molecule has 1 aromatic rings. The molecule has 0 spiro atoms. The van der Waals surface area contributed by atoms with Crippen molar-refractivity contribution < 1.29 is 9.21 Å². The summed E-state index contributed by atoms with van der Waals surface area (Å²) in [7, 11) is 0. The third-order valence-corrected chi connectivity index (χ3v) is 4.94. The van der Waals surface area contributed by atoms with Crippen LogP contribution in [0.4, 0.5) is 0 Å². The fourth-order valence-electron chi connectivity index (χ4n) is 2.62. The van der Waals surface area contributed by atoms with E-state index in [1.165, 1.54) is 6.42 Å². The second-order valence-electron chi connectivity index (χ2n) is 5.12. The number of hydrogen-bond donors (Lipinski definition) is 0. The molecule has 0 N–H and O–H groups in total. The molecule has 1 amide bonds. The molecule has 1 fully saturated rings. The van der Waals surface area contributed by atoms with Crippen LogP contribution in [0.3, 0.4) is 0 Å². The monoisotopic (exact) mass is 281 g/mol. The number of rotatable bonds is 5. The topological polar surface area (TPSA) is 33.5 Å². The van der Waals surface area contributed by atoms with Crippen LogP contribution in [0.2, 0.25) is 0 Å². The van der Waals surface area contributed by atoms with E-state index in [9.17, 15) is 4.79 Å². The van der Waals surface area contributed by atoms with E-state index in [-0.39, 0.29) is 5.25 Å². The van der Waals surface area contributed by atoms with Gasteiger partial charge in [0.1, 0.15) is 5.76 Å². The van der Waals surface area contributed by atoms with E-state index in [1.807, 2.05) is 19.1 Å². The van der Waals surface area contributed by atoms with E-state index in [0.29, 0.717) is 11.9 Å². The smallest absolute Gasteiger partial charge is 0.235 e. The van der Waals surface area contributed by atoms with Crippen LogP contribution in [-0.4, -0.2) is 28.6 Å². The first-order valence-electron chi connectivity index (χ1n) is 7.16. The highest BCUT2D eigenvalue weighted by Crippen LogP contribution is 2.25. The molecular formula is C15H23NO2S. The van der Waals surface area contributed by atoms with Gasteiger partial charge in [0.2, 0.25) is 5.91 Å². The van der Waals surface area contributed by atoms with Gasteiger partial charge in [-0.2, -0.15) is 0 Å².